The molecule has 0 radical (unpaired) electrons. The quantitative estimate of drug-likeness (QED) is 0.805. The molecule has 3 rings (SSSR count). The van der Waals surface area contributed by atoms with Gasteiger partial charge in [-0.15, -0.1) is 0 Å². The average molecular weight is 305 g/mol. The smallest absolute Gasteiger partial charge is 0.307 e. The van der Waals surface area contributed by atoms with Gasteiger partial charge in [0.05, 0.1) is 5.56 Å². The lowest BCUT2D eigenvalue weighted by Crippen LogP contribution is -2.20. The molecular weight excluding hydrogens is 287 g/mol. The molecule has 0 aliphatic carbocycles. The predicted molar refractivity (Wildman–Crippen MR) is 81.5 cm³/mol. The van der Waals surface area contributed by atoms with Crippen LogP contribution >= 0.6 is 0 Å². The van der Waals surface area contributed by atoms with Crippen molar-refractivity contribution in [2.24, 2.45) is 0 Å². The van der Waals surface area contributed by atoms with Gasteiger partial charge in [-0.05, 0) is 48.6 Å². The molecule has 0 bridgehead atoms. The highest BCUT2D eigenvalue weighted by Gasteiger charge is 2.33. The third-order valence-electron chi connectivity index (χ3n) is 4.21. The van der Waals surface area contributed by atoms with Crippen molar-refractivity contribution in [1.29, 1.82) is 0 Å². The van der Waals surface area contributed by atoms with Crippen molar-refractivity contribution in [3.05, 3.63) is 59.7 Å². The molecule has 22 heavy (non-hydrogen) atoms. The lowest BCUT2D eigenvalue weighted by atomic mass is 9.95. The molecule has 1 aliphatic rings. The lowest BCUT2D eigenvalue weighted by Gasteiger charge is -2.16. The van der Waals surface area contributed by atoms with E-state index in [0.29, 0.717) is 11.6 Å². The fourth-order valence-corrected chi connectivity index (χ4v) is 3.09. The Balaban J connectivity index is 2.00. The summed E-state index contributed by atoms with van der Waals surface area (Å²) in [6.07, 6.45) is -2.23. The SMILES string of the molecule is CC1CCC(c2cccc(-c3ccccc3C(F)(F)F)c2)N1. The topological polar surface area (TPSA) is 12.0 Å². The van der Waals surface area contributed by atoms with Crippen LogP contribution in [-0.4, -0.2) is 6.04 Å². The first-order valence-corrected chi connectivity index (χ1v) is 7.48. The summed E-state index contributed by atoms with van der Waals surface area (Å²) < 4.78 is 39.5. The van der Waals surface area contributed by atoms with Crippen LogP contribution < -0.4 is 5.32 Å². The minimum absolute atomic E-state index is 0.230. The number of nitrogens with one attached hydrogen (secondary N) is 1. The summed E-state index contributed by atoms with van der Waals surface area (Å²) in [6, 6.07) is 13.9. The predicted octanol–water partition coefficient (Wildman–Crippen LogP) is 5.19. The van der Waals surface area contributed by atoms with Crippen LogP contribution in [0.25, 0.3) is 11.1 Å². The van der Waals surface area contributed by atoms with Crippen LogP contribution in [0.5, 0.6) is 0 Å². The van der Waals surface area contributed by atoms with Crippen molar-refractivity contribution < 1.29 is 13.2 Å². The van der Waals surface area contributed by atoms with Crippen molar-refractivity contribution in [3.8, 4) is 11.1 Å². The van der Waals surface area contributed by atoms with Crippen molar-refractivity contribution in [2.75, 3.05) is 0 Å². The highest BCUT2D eigenvalue weighted by molar-refractivity contribution is 5.68. The normalized spacial score (nSPS) is 22.0. The molecule has 2 aromatic rings. The third-order valence-corrected chi connectivity index (χ3v) is 4.21. The molecule has 1 heterocycles. The summed E-state index contributed by atoms with van der Waals surface area (Å²) in [5.74, 6) is 0. The molecule has 1 fully saturated rings. The van der Waals surface area contributed by atoms with Crippen molar-refractivity contribution >= 4 is 0 Å². The maximum absolute atomic E-state index is 13.2. The third kappa shape index (κ3) is 3.02. The molecule has 4 heteroatoms. The van der Waals surface area contributed by atoms with E-state index in [1.807, 2.05) is 18.2 Å². The molecule has 0 saturated carbocycles. The molecule has 2 unspecified atom stereocenters. The Morgan fingerprint density at radius 3 is 2.45 bits per heavy atom. The van der Waals surface area contributed by atoms with E-state index in [4.69, 9.17) is 0 Å². The molecule has 1 N–H and O–H groups in total. The van der Waals surface area contributed by atoms with Gasteiger partial charge in [-0.3, -0.25) is 0 Å². The molecular formula is C18H18F3N. The summed E-state index contributed by atoms with van der Waals surface area (Å²) in [5, 5.41) is 3.47. The molecule has 1 saturated heterocycles. The second kappa shape index (κ2) is 5.76. The first-order valence-electron chi connectivity index (χ1n) is 7.48. The van der Waals surface area contributed by atoms with E-state index < -0.39 is 11.7 Å². The first kappa shape index (κ1) is 15.1. The fourth-order valence-electron chi connectivity index (χ4n) is 3.09. The van der Waals surface area contributed by atoms with Gasteiger partial charge < -0.3 is 5.32 Å². The van der Waals surface area contributed by atoms with Crippen LogP contribution in [0.15, 0.2) is 48.5 Å². The number of hydrogen-bond donors (Lipinski definition) is 1. The summed E-state index contributed by atoms with van der Waals surface area (Å²) in [6.45, 7) is 2.13. The number of halogens is 3. The molecule has 0 amide bonds. The van der Waals surface area contributed by atoms with Gasteiger partial charge in [0.25, 0.3) is 0 Å². The van der Waals surface area contributed by atoms with Crippen LogP contribution in [0.4, 0.5) is 13.2 Å². The second-order valence-electron chi connectivity index (χ2n) is 5.87. The van der Waals surface area contributed by atoms with Gasteiger partial charge in [0.1, 0.15) is 0 Å². The highest BCUT2D eigenvalue weighted by Crippen LogP contribution is 2.38. The maximum Gasteiger partial charge on any atom is 0.417 e. The number of rotatable bonds is 2. The molecule has 1 nitrogen and oxygen atoms in total. The molecule has 0 spiro atoms. The lowest BCUT2D eigenvalue weighted by molar-refractivity contribution is -0.137. The largest absolute Gasteiger partial charge is 0.417 e. The highest BCUT2D eigenvalue weighted by atomic mass is 19.4. The second-order valence-corrected chi connectivity index (χ2v) is 5.87. The Morgan fingerprint density at radius 2 is 1.77 bits per heavy atom. The van der Waals surface area contributed by atoms with E-state index in [1.54, 1.807) is 12.1 Å². The molecule has 1 aliphatic heterocycles. The van der Waals surface area contributed by atoms with Crippen LogP contribution in [0.2, 0.25) is 0 Å². The van der Waals surface area contributed by atoms with E-state index in [9.17, 15) is 13.2 Å². The summed E-state index contributed by atoms with van der Waals surface area (Å²) in [4.78, 5) is 0. The van der Waals surface area contributed by atoms with Crippen molar-refractivity contribution in [2.45, 2.75) is 38.0 Å². The van der Waals surface area contributed by atoms with Crippen molar-refractivity contribution in [1.82, 2.24) is 5.32 Å². The van der Waals surface area contributed by atoms with Gasteiger partial charge in [-0.1, -0.05) is 36.4 Å². The number of hydrogen-bond acceptors (Lipinski definition) is 1. The Kier molecular flexibility index (Phi) is 3.96. The zero-order valence-corrected chi connectivity index (χ0v) is 12.3. The Morgan fingerprint density at radius 1 is 1.00 bits per heavy atom. The average Bonchev–Trinajstić information content (AvgIpc) is 2.93. The zero-order chi connectivity index (χ0) is 15.7. The molecule has 2 atom stereocenters. The van der Waals surface area contributed by atoms with Crippen LogP contribution in [-0.2, 0) is 6.18 Å². The minimum atomic E-state index is -4.34. The van der Waals surface area contributed by atoms with E-state index in [0.717, 1.165) is 24.5 Å². The standard InChI is InChI=1S/C18H18F3N/c1-12-9-10-17(22-12)14-6-4-5-13(11-14)15-7-2-3-8-16(15)18(19,20)21/h2-8,11-12,17,22H,9-10H2,1H3. The van der Waals surface area contributed by atoms with Crippen LogP contribution in [0.1, 0.15) is 36.9 Å². The first-order chi connectivity index (χ1) is 10.4. The zero-order valence-electron chi connectivity index (χ0n) is 12.3. The van der Waals surface area contributed by atoms with E-state index in [2.05, 4.69) is 12.2 Å². The van der Waals surface area contributed by atoms with Crippen LogP contribution in [0, 0.1) is 0 Å². The summed E-state index contributed by atoms with van der Waals surface area (Å²) >= 11 is 0. The van der Waals surface area contributed by atoms with Crippen LogP contribution in [0.3, 0.4) is 0 Å². The van der Waals surface area contributed by atoms with Gasteiger partial charge in [0.2, 0.25) is 0 Å². The summed E-state index contributed by atoms with van der Waals surface area (Å²) in [5.41, 5.74) is 1.33. The van der Waals surface area contributed by atoms with Gasteiger partial charge >= 0.3 is 6.18 Å². The van der Waals surface area contributed by atoms with Gasteiger partial charge in [-0.2, -0.15) is 13.2 Å². The molecule has 2 aromatic carbocycles. The van der Waals surface area contributed by atoms with E-state index >= 15 is 0 Å². The number of benzene rings is 2. The molecule has 0 aromatic heterocycles. The Hall–Kier alpha value is -1.81. The maximum atomic E-state index is 13.2. The fraction of sp³-hybridized carbons (Fsp3) is 0.333. The summed E-state index contributed by atoms with van der Waals surface area (Å²) in [7, 11) is 0. The van der Waals surface area contributed by atoms with Crippen molar-refractivity contribution in [3.63, 3.8) is 0 Å². The van der Waals surface area contributed by atoms with Gasteiger partial charge in [0.15, 0.2) is 0 Å². The Bertz CT molecular complexity index is 663. The van der Waals surface area contributed by atoms with E-state index in [-0.39, 0.29) is 11.6 Å². The Labute approximate surface area is 128 Å². The number of alkyl halides is 3. The molecule has 116 valence electrons. The van der Waals surface area contributed by atoms with Gasteiger partial charge in [0, 0.05) is 12.1 Å². The monoisotopic (exact) mass is 305 g/mol. The van der Waals surface area contributed by atoms with E-state index in [1.165, 1.54) is 12.1 Å². The minimum Gasteiger partial charge on any atom is -0.307 e. The van der Waals surface area contributed by atoms with Gasteiger partial charge in [-0.25, -0.2) is 0 Å².